The van der Waals surface area contributed by atoms with Crippen molar-refractivity contribution in [2.45, 2.75) is 71.9 Å². The van der Waals surface area contributed by atoms with E-state index in [1.807, 2.05) is 72.0 Å². The maximum Gasteiger partial charge on any atom is 0.340 e. The summed E-state index contributed by atoms with van der Waals surface area (Å²) in [5.41, 5.74) is 6.50. The van der Waals surface area contributed by atoms with Crippen LogP contribution in [0.3, 0.4) is 0 Å². The first kappa shape index (κ1) is 25.7. The lowest BCUT2D eigenvalue weighted by Gasteiger charge is -2.23. The van der Waals surface area contributed by atoms with Crippen LogP contribution in [0, 0.1) is 13.8 Å². The summed E-state index contributed by atoms with van der Waals surface area (Å²) in [6.45, 7) is 11.4. The summed E-state index contributed by atoms with van der Waals surface area (Å²) in [5.74, 6) is 0.231. The summed E-state index contributed by atoms with van der Waals surface area (Å²) >= 11 is 0. The van der Waals surface area contributed by atoms with Crippen molar-refractivity contribution < 1.29 is 9.53 Å². The van der Waals surface area contributed by atoms with Crippen LogP contribution < -0.4 is 10.9 Å². The van der Waals surface area contributed by atoms with Gasteiger partial charge in [-0.05, 0) is 95.7 Å². The van der Waals surface area contributed by atoms with E-state index in [0.717, 1.165) is 16.7 Å². The van der Waals surface area contributed by atoms with Crippen LogP contribution in [-0.4, -0.2) is 21.0 Å². The van der Waals surface area contributed by atoms with Gasteiger partial charge in [-0.1, -0.05) is 30.3 Å². The van der Waals surface area contributed by atoms with Gasteiger partial charge in [0, 0.05) is 28.6 Å². The summed E-state index contributed by atoms with van der Waals surface area (Å²) in [7, 11) is 0. The number of aryl methyl sites for hydroxylation is 1. The smallest absolute Gasteiger partial charge is 0.340 e. The molecule has 5 rings (SSSR count). The van der Waals surface area contributed by atoms with E-state index in [4.69, 9.17) is 9.72 Å². The normalized spacial score (nSPS) is 14.4. The van der Waals surface area contributed by atoms with Crippen molar-refractivity contribution in [1.82, 2.24) is 9.38 Å². The third kappa shape index (κ3) is 5.21. The highest BCUT2D eigenvalue weighted by Gasteiger charge is 2.25. The second kappa shape index (κ2) is 9.75. The molecule has 1 unspecified atom stereocenters. The quantitative estimate of drug-likeness (QED) is 0.284. The third-order valence-electron chi connectivity index (χ3n) is 6.91. The minimum Gasteiger partial charge on any atom is -0.456 e. The van der Waals surface area contributed by atoms with Gasteiger partial charge in [0.05, 0.1) is 17.3 Å². The Bertz CT molecular complexity index is 1590. The van der Waals surface area contributed by atoms with Crippen molar-refractivity contribution in [3.8, 4) is 11.3 Å². The zero-order valence-electron chi connectivity index (χ0n) is 23.0. The van der Waals surface area contributed by atoms with Gasteiger partial charge in [0.1, 0.15) is 11.2 Å². The van der Waals surface area contributed by atoms with Gasteiger partial charge in [0.15, 0.2) is 0 Å². The van der Waals surface area contributed by atoms with E-state index in [9.17, 15) is 9.59 Å². The van der Waals surface area contributed by atoms with Crippen molar-refractivity contribution in [2.75, 3.05) is 5.32 Å². The Labute approximate surface area is 223 Å². The first-order valence-corrected chi connectivity index (χ1v) is 13.2. The fraction of sp³-hybridized carbons (Fsp3) is 0.344. The molecule has 0 spiro atoms. The SMILES string of the molecule is Cc1cc(C(C)Nc2ccccc2C(=O)OC(C)(C)C)c2nc(-c3cccc(C4CC4)c3)c(C)c(=O)n2c1. The zero-order valence-corrected chi connectivity index (χ0v) is 23.0. The number of hydrogen-bond acceptors (Lipinski definition) is 5. The third-order valence-corrected chi connectivity index (χ3v) is 6.91. The molecule has 1 saturated carbocycles. The first-order chi connectivity index (χ1) is 18.0. The van der Waals surface area contributed by atoms with Crippen molar-refractivity contribution in [1.29, 1.82) is 0 Å². The molecular formula is C32H35N3O3. The number of ether oxygens (including phenoxy) is 1. The number of anilines is 1. The number of esters is 1. The lowest BCUT2D eigenvalue weighted by Crippen LogP contribution is -2.25. The average Bonchev–Trinajstić information content (AvgIpc) is 3.71. The van der Waals surface area contributed by atoms with Gasteiger partial charge in [0.25, 0.3) is 5.56 Å². The molecule has 0 aliphatic heterocycles. The molecule has 4 aromatic rings. The molecule has 0 saturated heterocycles. The molecule has 0 amide bonds. The van der Waals surface area contributed by atoms with E-state index < -0.39 is 5.60 Å². The van der Waals surface area contributed by atoms with Crippen LogP contribution in [-0.2, 0) is 4.74 Å². The van der Waals surface area contributed by atoms with Gasteiger partial charge in [0.2, 0.25) is 0 Å². The molecule has 0 radical (unpaired) electrons. The Balaban J connectivity index is 1.58. The zero-order chi connectivity index (χ0) is 27.2. The first-order valence-electron chi connectivity index (χ1n) is 13.2. The maximum absolute atomic E-state index is 13.6. The predicted molar refractivity (Wildman–Crippen MR) is 152 cm³/mol. The number of pyridine rings is 1. The molecular weight excluding hydrogens is 474 g/mol. The molecule has 196 valence electrons. The molecule has 1 fully saturated rings. The fourth-order valence-corrected chi connectivity index (χ4v) is 4.88. The lowest BCUT2D eigenvalue weighted by molar-refractivity contribution is 0.00706. The molecule has 6 nitrogen and oxygen atoms in total. The molecule has 38 heavy (non-hydrogen) atoms. The van der Waals surface area contributed by atoms with Crippen LogP contribution in [0.5, 0.6) is 0 Å². The minimum atomic E-state index is -0.598. The van der Waals surface area contributed by atoms with Gasteiger partial charge in [-0.2, -0.15) is 0 Å². The summed E-state index contributed by atoms with van der Waals surface area (Å²) in [4.78, 5) is 31.5. The van der Waals surface area contributed by atoms with Gasteiger partial charge >= 0.3 is 5.97 Å². The number of rotatable bonds is 6. The number of benzene rings is 2. The topological polar surface area (TPSA) is 72.7 Å². The second-order valence-electron chi connectivity index (χ2n) is 11.4. The van der Waals surface area contributed by atoms with Crippen LogP contribution in [0.15, 0.2) is 65.6 Å². The second-order valence-corrected chi connectivity index (χ2v) is 11.4. The molecule has 1 aliphatic rings. The standard InChI is InChI=1S/C32H35N3O3/c1-19-16-26(21(3)33-27-13-8-7-12-25(27)31(37)38-32(4,5)6)29-34-28(20(2)30(36)35(29)18-19)24-11-9-10-23(17-24)22-14-15-22/h7-13,16-18,21-22,33H,14-15H2,1-6H3. The number of nitrogens with zero attached hydrogens (tertiary/aromatic N) is 2. The predicted octanol–water partition coefficient (Wildman–Crippen LogP) is 6.98. The number of aromatic nitrogens is 2. The molecule has 2 heterocycles. The van der Waals surface area contributed by atoms with Crippen LogP contribution in [0.25, 0.3) is 16.9 Å². The van der Waals surface area contributed by atoms with Crippen molar-refractivity contribution in [3.05, 3.63) is 99.0 Å². The van der Waals surface area contributed by atoms with Gasteiger partial charge in [-0.15, -0.1) is 0 Å². The molecule has 2 aromatic carbocycles. The summed E-state index contributed by atoms with van der Waals surface area (Å²) in [6, 6.07) is 17.6. The monoisotopic (exact) mass is 509 g/mol. The largest absolute Gasteiger partial charge is 0.456 e. The Morgan fingerprint density at radius 1 is 1.08 bits per heavy atom. The Morgan fingerprint density at radius 2 is 1.82 bits per heavy atom. The summed E-state index contributed by atoms with van der Waals surface area (Å²) < 4.78 is 7.27. The fourth-order valence-electron chi connectivity index (χ4n) is 4.88. The van der Waals surface area contributed by atoms with Crippen molar-refractivity contribution in [3.63, 3.8) is 0 Å². The van der Waals surface area contributed by atoms with Crippen molar-refractivity contribution in [2.24, 2.45) is 0 Å². The molecule has 1 aliphatic carbocycles. The van der Waals surface area contributed by atoms with E-state index in [2.05, 4.69) is 29.6 Å². The highest BCUT2D eigenvalue weighted by molar-refractivity contribution is 5.96. The number of para-hydroxylation sites is 1. The van der Waals surface area contributed by atoms with Crippen molar-refractivity contribution >= 4 is 17.3 Å². The number of fused-ring (bicyclic) bond motifs is 1. The summed E-state index contributed by atoms with van der Waals surface area (Å²) in [6.07, 6.45) is 4.27. The van der Waals surface area contributed by atoms with Crippen LogP contribution >= 0.6 is 0 Å². The van der Waals surface area contributed by atoms with E-state index in [0.29, 0.717) is 34.1 Å². The number of nitrogens with one attached hydrogen (secondary N) is 1. The Morgan fingerprint density at radius 3 is 2.53 bits per heavy atom. The van der Waals surface area contributed by atoms with Crippen LogP contribution in [0.2, 0.25) is 0 Å². The van der Waals surface area contributed by atoms with Crippen LogP contribution in [0.1, 0.15) is 85.1 Å². The highest BCUT2D eigenvalue weighted by Crippen LogP contribution is 2.41. The Hall–Kier alpha value is -3.93. The molecule has 1 atom stereocenters. The van der Waals surface area contributed by atoms with E-state index in [-0.39, 0.29) is 17.6 Å². The number of carbonyl (C=O) groups excluding carboxylic acids is 1. The average molecular weight is 510 g/mol. The molecule has 2 aromatic heterocycles. The number of hydrogen-bond donors (Lipinski definition) is 1. The van der Waals surface area contributed by atoms with Crippen LogP contribution in [0.4, 0.5) is 5.69 Å². The van der Waals surface area contributed by atoms with Gasteiger partial charge in [-0.3, -0.25) is 9.20 Å². The maximum atomic E-state index is 13.6. The molecule has 6 heteroatoms. The van der Waals surface area contributed by atoms with Gasteiger partial charge < -0.3 is 10.1 Å². The molecule has 1 N–H and O–H groups in total. The minimum absolute atomic E-state index is 0.0758. The number of carbonyl (C=O) groups is 1. The molecule has 0 bridgehead atoms. The van der Waals surface area contributed by atoms with E-state index in [1.54, 1.807) is 10.5 Å². The van der Waals surface area contributed by atoms with E-state index in [1.165, 1.54) is 18.4 Å². The van der Waals surface area contributed by atoms with E-state index >= 15 is 0 Å². The lowest BCUT2D eigenvalue weighted by atomic mass is 10.0. The Kier molecular flexibility index (Phi) is 6.59. The highest BCUT2D eigenvalue weighted by atomic mass is 16.6. The summed E-state index contributed by atoms with van der Waals surface area (Å²) in [5, 5.41) is 3.48. The van der Waals surface area contributed by atoms with Gasteiger partial charge in [-0.25, -0.2) is 9.78 Å².